The molecule has 14 heavy (non-hydrogen) atoms. The van der Waals surface area contributed by atoms with Crippen LogP contribution in [0.2, 0.25) is 0 Å². The molecule has 2 heteroatoms. The van der Waals surface area contributed by atoms with E-state index >= 15 is 0 Å². The Labute approximate surface area is 86.5 Å². The lowest BCUT2D eigenvalue weighted by atomic mass is 10.1. The Morgan fingerprint density at radius 3 is 2.14 bits per heavy atom. The normalized spacial score (nSPS) is 13.2. The average Bonchev–Trinajstić information content (AvgIpc) is 2.19. The maximum atomic E-state index is 5.40. The van der Waals surface area contributed by atoms with E-state index in [1.807, 2.05) is 14.1 Å². The van der Waals surface area contributed by atoms with E-state index in [1.54, 1.807) is 7.11 Å². The maximum Gasteiger partial charge on any atom is 0.135 e. The minimum atomic E-state index is 0.0564. The Morgan fingerprint density at radius 1 is 1.21 bits per heavy atom. The van der Waals surface area contributed by atoms with Crippen LogP contribution in [0.4, 0.5) is 0 Å². The quantitative estimate of drug-likeness (QED) is 0.681. The summed E-state index contributed by atoms with van der Waals surface area (Å²) in [5.74, 6) is 0. The molecule has 1 aromatic carbocycles. The van der Waals surface area contributed by atoms with Crippen molar-refractivity contribution in [3.8, 4) is 0 Å². The smallest absolute Gasteiger partial charge is 0.135 e. The lowest BCUT2D eigenvalue weighted by Crippen LogP contribution is -2.21. The molecule has 0 fully saturated rings. The number of hydrogen-bond donors (Lipinski definition) is 0. The predicted octanol–water partition coefficient (Wildman–Crippen LogP) is 2.46. The Hall–Kier alpha value is -0.860. The zero-order chi connectivity index (χ0) is 10.6. The largest absolute Gasteiger partial charge is 0.362 e. The summed E-state index contributed by atoms with van der Waals surface area (Å²) in [4.78, 5) is 2.06. The van der Waals surface area contributed by atoms with Crippen molar-refractivity contribution in [1.82, 2.24) is 4.90 Å². The first kappa shape index (κ1) is 11.2. The summed E-state index contributed by atoms with van der Waals surface area (Å²) >= 11 is 0. The van der Waals surface area contributed by atoms with Crippen LogP contribution >= 0.6 is 0 Å². The molecule has 0 radical (unpaired) electrons. The molecule has 0 aliphatic rings. The third-order valence-electron chi connectivity index (χ3n) is 2.37. The van der Waals surface area contributed by atoms with Crippen LogP contribution in [0, 0.1) is 0 Å². The van der Waals surface area contributed by atoms with E-state index in [9.17, 15) is 0 Å². The van der Waals surface area contributed by atoms with Gasteiger partial charge in [0.25, 0.3) is 0 Å². The molecule has 0 aromatic heterocycles. The van der Waals surface area contributed by atoms with Gasteiger partial charge in [0.1, 0.15) is 6.23 Å². The van der Waals surface area contributed by atoms with Crippen LogP contribution in [0.1, 0.15) is 24.3 Å². The summed E-state index contributed by atoms with van der Waals surface area (Å²) in [7, 11) is 5.77. The fourth-order valence-electron chi connectivity index (χ4n) is 1.56. The number of rotatable bonds is 4. The van der Waals surface area contributed by atoms with E-state index in [0.29, 0.717) is 0 Å². The average molecular weight is 193 g/mol. The van der Waals surface area contributed by atoms with Crippen molar-refractivity contribution in [1.29, 1.82) is 0 Å². The van der Waals surface area contributed by atoms with Crippen LogP contribution in [0.3, 0.4) is 0 Å². The molecule has 78 valence electrons. The Balaban J connectivity index is 2.84. The van der Waals surface area contributed by atoms with Crippen molar-refractivity contribution < 1.29 is 4.74 Å². The second-order valence-electron chi connectivity index (χ2n) is 3.65. The highest BCUT2D eigenvalue weighted by Crippen LogP contribution is 2.19. The Bertz CT molecular complexity index is 266. The molecule has 0 N–H and O–H groups in total. The molecule has 0 bridgehead atoms. The molecule has 0 saturated heterocycles. The van der Waals surface area contributed by atoms with Crippen molar-refractivity contribution >= 4 is 0 Å². The first-order valence-corrected chi connectivity index (χ1v) is 4.97. The van der Waals surface area contributed by atoms with Crippen LogP contribution in [0.5, 0.6) is 0 Å². The maximum absolute atomic E-state index is 5.40. The molecule has 0 amide bonds. The number of aryl methyl sites for hydroxylation is 1. The van der Waals surface area contributed by atoms with Crippen molar-refractivity contribution in [2.75, 3.05) is 21.2 Å². The van der Waals surface area contributed by atoms with E-state index in [1.165, 1.54) is 11.1 Å². The van der Waals surface area contributed by atoms with Gasteiger partial charge in [0.15, 0.2) is 0 Å². The van der Waals surface area contributed by atoms with Gasteiger partial charge in [-0.15, -0.1) is 0 Å². The van der Waals surface area contributed by atoms with E-state index < -0.39 is 0 Å². The summed E-state index contributed by atoms with van der Waals surface area (Å²) in [6, 6.07) is 8.58. The van der Waals surface area contributed by atoms with Gasteiger partial charge in [-0.3, -0.25) is 4.90 Å². The Kier molecular flexibility index (Phi) is 4.11. The molecule has 0 aliphatic carbocycles. The van der Waals surface area contributed by atoms with Gasteiger partial charge >= 0.3 is 0 Å². The summed E-state index contributed by atoms with van der Waals surface area (Å²) in [6.07, 6.45) is 1.14. The van der Waals surface area contributed by atoms with Gasteiger partial charge in [-0.25, -0.2) is 0 Å². The summed E-state index contributed by atoms with van der Waals surface area (Å²) in [5.41, 5.74) is 2.57. The van der Waals surface area contributed by atoms with Gasteiger partial charge in [-0.1, -0.05) is 31.2 Å². The second-order valence-corrected chi connectivity index (χ2v) is 3.65. The molecule has 1 rings (SSSR count). The number of ether oxygens (including phenoxy) is 1. The second kappa shape index (κ2) is 5.13. The third kappa shape index (κ3) is 2.56. The minimum absolute atomic E-state index is 0.0564. The van der Waals surface area contributed by atoms with Crippen LogP contribution in [0.15, 0.2) is 24.3 Å². The number of methoxy groups -OCH3 is 1. The highest BCUT2D eigenvalue weighted by molar-refractivity contribution is 5.23. The van der Waals surface area contributed by atoms with Gasteiger partial charge in [0, 0.05) is 7.11 Å². The zero-order valence-electron chi connectivity index (χ0n) is 9.45. The van der Waals surface area contributed by atoms with Gasteiger partial charge in [-0.2, -0.15) is 0 Å². The molecular weight excluding hydrogens is 174 g/mol. The molecule has 2 nitrogen and oxygen atoms in total. The molecule has 1 aromatic rings. The summed E-state index contributed by atoms with van der Waals surface area (Å²) < 4.78 is 5.40. The van der Waals surface area contributed by atoms with Gasteiger partial charge in [0.05, 0.1) is 0 Å². The highest BCUT2D eigenvalue weighted by Gasteiger charge is 2.11. The molecule has 0 heterocycles. The van der Waals surface area contributed by atoms with E-state index in [-0.39, 0.29) is 6.23 Å². The standard InChI is InChI=1S/C12H19NO/c1-5-10-6-8-11(9-7-10)12(14-4)13(2)3/h6-9,12H,5H2,1-4H3. The van der Waals surface area contributed by atoms with Gasteiger partial charge in [-0.05, 0) is 31.6 Å². The summed E-state index contributed by atoms with van der Waals surface area (Å²) in [5, 5.41) is 0. The van der Waals surface area contributed by atoms with E-state index in [2.05, 4.69) is 36.1 Å². The van der Waals surface area contributed by atoms with Crippen LogP contribution in [-0.2, 0) is 11.2 Å². The monoisotopic (exact) mass is 193 g/mol. The SMILES string of the molecule is CCc1ccc(C(OC)N(C)C)cc1. The molecule has 0 saturated carbocycles. The summed E-state index contributed by atoms with van der Waals surface area (Å²) in [6.45, 7) is 2.16. The highest BCUT2D eigenvalue weighted by atomic mass is 16.5. The van der Waals surface area contributed by atoms with Gasteiger partial charge < -0.3 is 4.74 Å². The molecule has 0 aliphatic heterocycles. The minimum Gasteiger partial charge on any atom is -0.362 e. The third-order valence-corrected chi connectivity index (χ3v) is 2.37. The topological polar surface area (TPSA) is 12.5 Å². The number of benzene rings is 1. The molecular formula is C12H19NO. The fraction of sp³-hybridized carbons (Fsp3) is 0.500. The fourth-order valence-corrected chi connectivity index (χ4v) is 1.56. The Morgan fingerprint density at radius 2 is 1.79 bits per heavy atom. The number of nitrogens with zero attached hydrogens (tertiary/aromatic N) is 1. The first-order chi connectivity index (χ1) is 6.69. The van der Waals surface area contributed by atoms with Crippen molar-refractivity contribution in [3.05, 3.63) is 35.4 Å². The lowest BCUT2D eigenvalue weighted by molar-refractivity contribution is -0.00541. The molecule has 0 spiro atoms. The van der Waals surface area contributed by atoms with Crippen LogP contribution in [-0.4, -0.2) is 26.1 Å². The lowest BCUT2D eigenvalue weighted by Gasteiger charge is -2.23. The predicted molar refractivity (Wildman–Crippen MR) is 59.3 cm³/mol. The number of hydrogen-bond acceptors (Lipinski definition) is 2. The van der Waals surface area contributed by atoms with E-state index in [4.69, 9.17) is 4.74 Å². The van der Waals surface area contributed by atoms with Crippen molar-refractivity contribution in [3.63, 3.8) is 0 Å². The van der Waals surface area contributed by atoms with E-state index in [0.717, 1.165) is 6.42 Å². The zero-order valence-corrected chi connectivity index (χ0v) is 9.45. The first-order valence-electron chi connectivity index (χ1n) is 4.97. The molecule has 1 unspecified atom stereocenters. The van der Waals surface area contributed by atoms with Crippen molar-refractivity contribution in [2.45, 2.75) is 19.6 Å². The van der Waals surface area contributed by atoms with Crippen LogP contribution in [0.25, 0.3) is 0 Å². The van der Waals surface area contributed by atoms with Gasteiger partial charge in [0.2, 0.25) is 0 Å². The van der Waals surface area contributed by atoms with Crippen LogP contribution < -0.4 is 0 Å². The molecule has 1 atom stereocenters. The van der Waals surface area contributed by atoms with Crippen molar-refractivity contribution in [2.24, 2.45) is 0 Å².